The first kappa shape index (κ1) is 21.9. The summed E-state index contributed by atoms with van der Waals surface area (Å²) in [5, 5.41) is 0. The van der Waals surface area contributed by atoms with E-state index in [1.165, 1.54) is 38.5 Å². The van der Waals surface area contributed by atoms with E-state index >= 15 is 0 Å². The van der Waals surface area contributed by atoms with Crippen LogP contribution in [0.15, 0.2) is 0 Å². The summed E-state index contributed by atoms with van der Waals surface area (Å²) in [4.78, 5) is 0. The Balaban J connectivity index is 1.46. The molecule has 4 aliphatic rings. The smallest absolute Gasteiger partial charge is 0.0113 e. The summed E-state index contributed by atoms with van der Waals surface area (Å²) in [6, 6.07) is 0. The molecule has 0 amide bonds. The van der Waals surface area contributed by atoms with Gasteiger partial charge in [0.15, 0.2) is 0 Å². The third kappa shape index (κ3) is 3.75. The van der Waals surface area contributed by atoms with E-state index in [4.69, 9.17) is 0 Å². The van der Waals surface area contributed by atoms with Crippen LogP contribution in [0.3, 0.4) is 0 Å². The van der Waals surface area contributed by atoms with Gasteiger partial charge in [-0.3, -0.25) is 0 Å². The first-order valence-electron chi connectivity index (χ1n) is 12.9. The molecule has 0 aromatic carbocycles. The largest absolute Gasteiger partial charge is 0.0826 e. The quantitative estimate of drug-likeness (QED) is 0.262. The SMILES string of the molecule is CC(C)CCC[C@@H](C)[C@H]1CC[C@H]2[C@@H]3CCC4CC(I)CC[C@]4(C)[C@H]3CC[C@]12C. The zero-order valence-electron chi connectivity index (χ0n) is 19.5. The number of rotatable bonds is 5. The van der Waals surface area contributed by atoms with Gasteiger partial charge in [-0.05, 0) is 110 Å². The maximum Gasteiger partial charge on any atom is 0.0113 e. The fourth-order valence-corrected chi connectivity index (χ4v) is 10.2. The predicted octanol–water partition coefficient (Wildman–Crippen LogP) is 8.91. The average Bonchev–Trinajstić information content (AvgIpc) is 2.99. The van der Waals surface area contributed by atoms with Gasteiger partial charge in [0.25, 0.3) is 0 Å². The molecule has 4 rings (SSSR count). The van der Waals surface area contributed by atoms with Gasteiger partial charge in [-0.15, -0.1) is 0 Å². The van der Waals surface area contributed by atoms with E-state index in [-0.39, 0.29) is 0 Å². The highest BCUT2D eigenvalue weighted by Crippen LogP contribution is 2.68. The lowest BCUT2D eigenvalue weighted by atomic mass is 9.44. The van der Waals surface area contributed by atoms with Crippen molar-refractivity contribution in [1.82, 2.24) is 0 Å². The Morgan fingerprint density at radius 1 is 0.821 bits per heavy atom. The number of fused-ring (bicyclic) bond motifs is 5. The molecule has 28 heavy (non-hydrogen) atoms. The fraction of sp³-hybridized carbons (Fsp3) is 1.00. The Bertz CT molecular complexity index is 540. The highest BCUT2D eigenvalue weighted by molar-refractivity contribution is 14.1. The van der Waals surface area contributed by atoms with Crippen LogP contribution in [-0.4, -0.2) is 3.92 Å². The molecular weight excluding hydrogens is 451 g/mol. The third-order valence-electron chi connectivity index (χ3n) is 10.8. The molecule has 0 nitrogen and oxygen atoms in total. The number of alkyl halides is 1. The second-order valence-corrected chi connectivity index (χ2v) is 14.3. The second-order valence-electron chi connectivity index (χ2n) is 12.6. The van der Waals surface area contributed by atoms with Crippen molar-refractivity contribution in [2.45, 2.75) is 116 Å². The van der Waals surface area contributed by atoms with Crippen molar-refractivity contribution < 1.29 is 0 Å². The van der Waals surface area contributed by atoms with Gasteiger partial charge in [0, 0.05) is 3.92 Å². The maximum absolute atomic E-state index is 2.75. The molecule has 0 radical (unpaired) electrons. The van der Waals surface area contributed by atoms with Crippen LogP contribution in [0.25, 0.3) is 0 Å². The monoisotopic (exact) mass is 498 g/mol. The molecule has 0 bridgehead atoms. The van der Waals surface area contributed by atoms with Gasteiger partial charge >= 0.3 is 0 Å². The van der Waals surface area contributed by atoms with Gasteiger partial charge in [0.2, 0.25) is 0 Å². The van der Waals surface area contributed by atoms with Crippen LogP contribution in [0.1, 0.15) is 112 Å². The number of halogens is 1. The minimum atomic E-state index is 0.669. The van der Waals surface area contributed by atoms with Crippen molar-refractivity contribution in [3.63, 3.8) is 0 Å². The van der Waals surface area contributed by atoms with Crippen molar-refractivity contribution in [2.24, 2.45) is 52.3 Å². The van der Waals surface area contributed by atoms with Gasteiger partial charge in [0.05, 0.1) is 0 Å². The van der Waals surface area contributed by atoms with Crippen LogP contribution in [0.5, 0.6) is 0 Å². The van der Waals surface area contributed by atoms with Gasteiger partial charge in [0.1, 0.15) is 0 Å². The summed E-state index contributed by atoms with van der Waals surface area (Å²) in [5.41, 5.74) is 1.36. The van der Waals surface area contributed by atoms with Gasteiger partial charge in [-0.1, -0.05) is 76.5 Å². The topological polar surface area (TPSA) is 0 Å². The lowest BCUT2D eigenvalue weighted by Crippen LogP contribution is -2.53. The van der Waals surface area contributed by atoms with Crippen molar-refractivity contribution in [3.8, 4) is 0 Å². The first-order chi connectivity index (χ1) is 13.3. The maximum atomic E-state index is 2.75. The van der Waals surface area contributed by atoms with Crippen LogP contribution in [0.4, 0.5) is 0 Å². The minimum absolute atomic E-state index is 0.669. The van der Waals surface area contributed by atoms with E-state index in [0.717, 1.165) is 45.3 Å². The van der Waals surface area contributed by atoms with Gasteiger partial charge in [-0.25, -0.2) is 0 Å². The summed E-state index contributed by atoms with van der Waals surface area (Å²) in [7, 11) is 0. The Morgan fingerprint density at radius 3 is 2.29 bits per heavy atom. The Morgan fingerprint density at radius 2 is 1.54 bits per heavy atom. The molecule has 9 atom stereocenters. The molecule has 0 aromatic heterocycles. The fourth-order valence-electron chi connectivity index (χ4n) is 9.23. The lowest BCUT2D eigenvalue weighted by molar-refractivity contribution is -0.113. The van der Waals surface area contributed by atoms with E-state index in [2.05, 4.69) is 57.2 Å². The van der Waals surface area contributed by atoms with Crippen LogP contribution >= 0.6 is 22.6 Å². The molecular formula is C27H47I. The third-order valence-corrected chi connectivity index (χ3v) is 11.9. The van der Waals surface area contributed by atoms with E-state index < -0.39 is 0 Å². The number of hydrogen-bond acceptors (Lipinski definition) is 0. The molecule has 4 saturated carbocycles. The molecule has 4 fully saturated rings. The summed E-state index contributed by atoms with van der Waals surface area (Å²) in [5.74, 6) is 7.07. The van der Waals surface area contributed by atoms with Crippen molar-refractivity contribution in [2.75, 3.05) is 0 Å². The Hall–Kier alpha value is 0.730. The van der Waals surface area contributed by atoms with E-state index in [0.29, 0.717) is 10.8 Å². The summed E-state index contributed by atoms with van der Waals surface area (Å²) in [6.07, 6.45) is 18.3. The summed E-state index contributed by atoms with van der Waals surface area (Å²) in [6.45, 7) is 12.9. The van der Waals surface area contributed by atoms with Crippen molar-refractivity contribution >= 4 is 22.6 Å². The van der Waals surface area contributed by atoms with Crippen molar-refractivity contribution in [3.05, 3.63) is 0 Å². The van der Waals surface area contributed by atoms with Gasteiger partial charge in [-0.2, -0.15) is 0 Å². The highest BCUT2D eigenvalue weighted by Gasteiger charge is 2.60. The van der Waals surface area contributed by atoms with Gasteiger partial charge < -0.3 is 0 Å². The molecule has 4 aliphatic carbocycles. The molecule has 0 saturated heterocycles. The molecule has 2 unspecified atom stereocenters. The predicted molar refractivity (Wildman–Crippen MR) is 131 cm³/mol. The molecule has 0 spiro atoms. The average molecular weight is 499 g/mol. The number of hydrogen-bond donors (Lipinski definition) is 0. The Labute approximate surface area is 189 Å². The van der Waals surface area contributed by atoms with Crippen LogP contribution < -0.4 is 0 Å². The molecule has 0 N–H and O–H groups in total. The van der Waals surface area contributed by atoms with Crippen LogP contribution in [0, 0.1) is 52.3 Å². The normalized spacial score (nSPS) is 49.4. The molecule has 162 valence electrons. The molecule has 0 aromatic rings. The van der Waals surface area contributed by atoms with E-state index in [1.807, 2.05) is 0 Å². The first-order valence-corrected chi connectivity index (χ1v) is 14.1. The summed E-state index contributed by atoms with van der Waals surface area (Å²) < 4.78 is 0.962. The van der Waals surface area contributed by atoms with E-state index in [1.54, 1.807) is 38.5 Å². The molecule has 1 heteroatoms. The minimum Gasteiger partial charge on any atom is -0.0826 e. The molecule has 0 heterocycles. The second kappa shape index (κ2) is 8.34. The van der Waals surface area contributed by atoms with Crippen LogP contribution in [-0.2, 0) is 0 Å². The molecule has 0 aliphatic heterocycles. The Kier molecular flexibility index (Phi) is 6.54. The zero-order valence-corrected chi connectivity index (χ0v) is 21.6. The van der Waals surface area contributed by atoms with Crippen molar-refractivity contribution in [1.29, 1.82) is 0 Å². The lowest BCUT2D eigenvalue weighted by Gasteiger charge is -2.61. The van der Waals surface area contributed by atoms with E-state index in [9.17, 15) is 0 Å². The standard InChI is InChI=1S/C27H47I/c1-18(2)7-6-8-19(3)23-11-12-24-22-10-9-20-17-21(28)13-15-26(20,4)25(22)14-16-27(23,24)5/h18-25H,6-17H2,1-5H3/t19-,20?,21?,22+,23-,24+,25+,26+,27-/m1/s1. The zero-order chi connectivity index (χ0) is 20.1. The highest BCUT2D eigenvalue weighted by atomic mass is 127. The van der Waals surface area contributed by atoms with Crippen LogP contribution in [0.2, 0.25) is 0 Å². The summed E-state index contributed by atoms with van der Waals surface area (Å²) >= 11 is 2.75.